The van der Waals surface area contributed by atoms with Crippen molar-refractivity contribution in [3.05, 3.63) is 95.2 Å². The summed E-state index contributed by atoms with van der Waals surface area (Å²) in [7, 11) is 0. The Kier molecular flexibility index (Phi) is 4.83. The standard InChI is InChI=1S/C26H25N3O/c1-17-9-11-18(12-10-17)21-13-22(14-21)24-16-27-29-26(24)28-25(30)15-20-7-4-6-19-5-2-3-8-23(19)20/h2-12,16,21-22H,13-15H2,1H3,(H2,27,28,29,30). The smallest absolute Gasteiger partial charge is 0.229 e. The van der Waals surface area contributed by atoms with Gasteiger partial charge < -0.3 is 5.32 Å². The van der Waals surface area contributed by atoms with E-state index in [1.165, 1.54) is 11.1 Å². The summed E-state index contributed by atoms with van der Waals surface area (Å²) in [6, 6.07) is 23.1. The summed E-state index contributed by atoms with van der Waals surface area (Å²) in [4.78, 5) is 12.8. The number of benzene rings is 3. The Balaban J connectivity index is 1.25. The van der Waals surface area contributed by atoms with Crippen LogP contribution < -0.4 is 5.32 Å². The first kappa shape index (κ1) is 18.6. The molecular formula is C26H25N3O. The van der Waals surface area contributed by atoms with Crippen LogP contribution in [0.3, 0.4) is 0 Å². The van der Waals surface area contributed by atoms with Gasteiger partial charge in [-0.2, -0.15) is 5.10 Å². The molecule has 0 unspecified atom stereocenters. The predicted molar refractivity (Wildman–Crippen MR) is 121 cm³/mol. The van der Waals surface area contributed by atoms with Gasteiger partial charge in [-0.1, -0.05) is 72.3 Å². The molecule has 1 heterocycles. The number of hydrogen-bond acceptors (Lipinski definition) is 2. The van der Waals surface area contributed by atoms with E-state index in [9.17, 15) is 4.79 Å². The number of nitrogens with zero attached hydrogens (tertiary/aromatic N) is 1. The molecule has 2 N–H and O–H groups in total. The molecule has 0 bridgehead atoms. The Labute approximate surface area is 176 Å². The van der Waals surface area contributed by atoms with Crippen molar-refractivity contribution in [2.24, 2.45) is 0 Å². The molecule has 4 aromatic rings. The highest BCUT2D eigenvalue weighted by atomic mass is 16.1. The first-order valence-electron chi connectivity index (χ1n) is 10.5. The lowest BCUT2D eigenvalue weighted by molar-refractivity contribution is -0.115. The molecule has 150 valence electrons. The van der Waals surface area contributed by atoms with E-state index in [4.69, 9.17) is 0 Å². The van der Waals surface area contributed by atoms with E-state index in [1.54, 1.807) is 0 Å². The lowest BCUT2D eigenvalue weighted by Gasteiger charge is -2.35. The van der Waals surface area contributed by atoms with Crippen LogP contribution >= 0.6 is 0 Å². The topological polar surface area (TPSA) is 57.8 Å². The number of carbonyl (C=O) groups excluding carboxylic acids is 1. The largest absolute Gasteiger partial charge is 0.311 e. The summed E-state index contributed by atoms with van der Waals surface area (Å²) in [6.45, 7) is 2.12. The zero-order valence-corrected chi connectivity index (χ0v) is 17.1. The van der Waals surface area contributed by atoms with E-state index in [0.717, 1.165) is 40.6 Å². The molecule has 1 aromatic heterocycles. The highest BCUT2D eigenvalue weighted by Gasteiger charge is 2.33. The molecule has 1 aliphatic carbocycles. The van der Waals surface area contributed by atoms with E-state index in [-0.39, 0.29) is 5.91 Å². The third-order valence-electron chi connectivity index (χ3n) is 6.29. The minimum Gasteiger partial charge on any atom is -0.311 e. The van der Waals surface area contributed by atoms with Crippen molar-refractivity contribution in [2.45, 2.75) is 38.0 Å². The van der Waals surface area contributed by atoms with Crippen LogP contribution in [0.15, 0.2) is 72.9 Å². The lowest BCUT2D eigenvalue weighted by Crippen LogP contribution is -2.22. The van der Waals surface area contributed by atoms with Crippen LogP contribution in [0.2, 0.25) is 0 Å². The molecular weight excluding hydrogens is 370 g/mol. The van der Waals surface area contributed by atoms with Crippen molar-refractivity contribution in [3.63, 3.8) is 0 Å². The predicted octanol–water partition coefficient (Wildman–Crippen LogP) is 5.71. The highest BCUT2D eigenvalue weighted by Crippen LogP contribution is 2.48. The van der Waals surface area contributed by atoms with Crippen LogP contribution in [-0.4, -0.2) is 16.1 Å². The van der Waals surface area contributed by atoms with Gasteiger partial charge in [0.2, 0.25) is 5.91 Å². The Morgan fingerprint density at radius 1 is 1.00 bits per heavy atom. The zero-order chi connectivity index (χ0) is 20.5. The molecule has 1 aliphatic rings. The van der Waals surface area contributed by atoms with Crippen molar-refractivity contribution in [2.75, 3.05) is 5.32 Å². The summed E-state index contributed by atoms with van der Waals surface area (Å²) >= 11 is 0. The van der Waals surface area contributed by atoms with Gasteiger partial charge >= 0.3 is 0 Å². The lowest BCUT2D eigenvalue weighted by atomic mass is 9.69. The second-order valence-corrected chi connectivity index (χ2v) is 8.34. The van der Waals surface area contributed by atoms with Crippen molar-refractivity contribution < 1.29 is 4.79 Å². The fourth-order valence-electron chi connectivity index (χ4n) is 4.49. The summed E-state index contributed by atoms with van der Waals surface area (Å²) < 4.78 is 0. The molecule has 1 amide bonds. The number of aromatic amines is 1. The van der Waals surface area contributed by atoms with E-state index in [2.05, 4.69) is 64.9 Å². The van der Waals surface area contributed by atoms with Crippen LogP contribution in [0, 0.1) is 6.92 Å². The van der Waals surface area contributed by atoms with E-state index in [0.29, 0.717) is 18.3 Å². The molecule has 0 atom stereocenters. The molecule has 30 heavy (non-hydrogen) atoms. The number of aromatic nitrogens is 2. The maximum absolute atomic E-state index is 12.8. The van der Waals surface area contributed by atoms with Crippen LogP contribution in [0.25, 0.3) is 10.8 Å². The van der Waals surface area contributed by atoms with Crippen molar-refractivity contribution in [1.29, 1.82) is 0 Å². The van der Waals surface area contributed by atoms with Crippen molar-refractivity contribution in [1.82, 2.24) is 10.2 Å². The fourth-order valence-corrected chi connectivity index (χ4v) is 4.49. The molecule has 4 nitrogen and oxygen atoms in total. The van der Waals surface area contributed by atoms with Crippen LogP contribution in [-0.2, 0) is 11.2 Å². The molecule has 4 heteroatoms. The quantitative estimate of drug-likeness (QED) is 0.454. The van der Waals surface area contributed by atoms with E-state index < -0.39 is 0 Å². The first-order chi connectivity index (χ1) is 14.7. The molecule has 5 rings (SSSR count). The van der Waals surface area contributed by atoms with Gasteiger partial charge in [0.05, 0.1) is 12.6 Å². The fraction of sp³-hybridized carbons (Fsp3) is 0.231. The van der Waals surface area contributed by atoms with Crippen LogP contribution in [0.4, 0.5) is 5.82 Å². The van der Waals surface area contributed by atoms with Gasteiger partial charge in [0, 0.05) is 5.56 Å². The SMILES string of the molecule is Cc1ccc(C2CC(c3cn[nH]c3NC(=O)Cc3cccc4ccccc34)C2)cc1. The minimum absolute atomic E-state index is 0.0220. The number of hydrogen-bond donors (Lipinski definition) is 2. The molecule has 0 spiro atoms. The Bertz CT molecular complexity index is 1180. The number of H-pyrrole nitrogens is 1. The number of nitrogens with one attached hydrogen (secondary N) is 2. The van der Waals surface area contributed by atoms with Crippen molar-refractivity contribution in [3.8, 4) is 0 Å². The summed E-state index contributed by atoms with van der Waals surface area (Å²) in [5.41, 5.74) is 4.85. The average Bonchev–Trinajstić information content (AvgIpc) is 3.16. The van der Waals surface area contributed by atoms with E-state index in [1.807, 2.05) is 30.5 Å². The number of fused-ring (bicyclic) bond motifs is 1. The Hall–Kier alpha value is -3.40. The second-order valence-electron chi connectivity index (χ2n) is 8.34. The number of rotatable bonds is 5. The monoisotopic (exact) mass is 395 g/mol. The van der Waals surface area contributed by atoms with Crippen LogP contribution in [0.1, 0.15) is 46.9 Å². The zero-order valence-electron chi connectivity index (χ0n) is 17.1. The normalized spacial score (nSPS) is 18.2. The maximum atomic E-state index is 12.8. The number of aryl methyl sites for hydroxylation is 1. The van der Waals surface area contributed by atoms with E-state index >= 15 is 0 Å². The molecule has 1 fully saturated rings. The Morgan fingerprint density at radius 3 is 2.60 bits per heavy atom. The number of carbonyl (C=O) groups is 1. The highest BCUT2D eigenvalue weighted by molar-refractivity contribution is 5.96. The van der Waals surface area contributed by atoms with Gasteiger partial charge in [0.25, 0.3) is 0 Å². The van der Waals surface area contributed by atoms with Gasteiger partial charge in [-0.25, -0.2) is 0 Å². The minimum atomic E-state index is -0.0220. The summed E-state index contributed by atoms with van der Waals surface area (Å²) in [6.07, 6.45) is 4.39. The third-order valence-corrected chi connectivity index (χ3v) is 6.29. The summed E-state index contributed by atoms with van der Waals surface area (Å²) in [5.74, 6) is 1.74. The van der Waals surface area contributed by atoms with Gasteiger partial charge in [-0.15, -0.1) is 0 Å². The van der Waals surface area contributed by atoms with Crippen molar-refractivity contribution >= 4 is 22.5 Å². The molecule has 3 aromatic carbocycles. The Morgan fingerprint density at radius 2 is 1.77 bits per heavy atom. The van der Waals surface area contributed by atoms with Gasteiger partial charge in [0.1, 0.15) is 5.82 Å². The number of anilines is 1. The average molecular weight is 396 g/mol. The first-order valence-corrected chi connectivity index (χ1v) is 10.5. The molecule has 1 saturated carbocycles. The molecule has 0 saturated heterocycles. The third kappa shape index (κ3) is 3.61. The number of amides is 1. The van der Waals surface area contributed by atoms with Gasteiger partial charge in [-0.05, 0) is 53.5 Å². The van der Waals surface area contributed by atoms with Gasteiger partial charge in [-0.3, -0.25) is 9.89 Å². The molecule has 0 radical (unpaired) electrons. The van der Waals surface area contributed by atoms with Crippen LogP contribution in [0.5, 0.6) is 0 Å². The molecule has 0 aliphatic heterocycles. The summed E-state index contributed by atoms with van der Waals surface area (Å²) in [5, 5.41) is 12.5. The second kappa shape index (κ2) is 7.79. The maximum Gasteiger partial charge on any atom is 0.229 e. The van der Waals surface area contributed by atoms with Gasteiger partial charge in [0.15, 0.2) is 0 Å².